The SMILES string of the molecule is CCCCCCCCCCCc1cc(-c2ccc(O)cc2)ccc1OCC(O)CO. The smallest absolute Gasteiger partial charge is 0.122 e. The molecule has 0 bridgehead atoms. The molecule has 2 rings (SSSR count). The Kier molecular flexibility index (Phi) is 11.3. The van der Waals surface area contributed by atoms with Gasteiger partial charge >= 0.3 is 0 Å². The van der Waals surface area contributed by atoms with Gasteiger partial charge in [-0.25, -0.2) is 0 Å². The molecule has 3 N–H and O–H groups in total. The van der Waals surface area contributed by atoms with Crippen LogP contribution in [0.2, 0.25) is 0 Å². The van der Waals surface area contributed by atoms with Crippen LogP contribution in [-0.2, 0) is 6.42 Å². The van der Waals surface area contributed by atoms with Gasteiger partial charge in [0.25, 0.3) is 0 Å². The maximum atomic E-state index is 9.62. The van der Waals surface area contributed by atoms with E-state index in [4.69, 9.17) is 9.84 Å². The quantitative estimate of drug-likeness (QED) is 0.319. The molecule has 0 saturated carbocycles. The molecule has 0 aliphatic rings. The lowest BCUT2D eigenvalue weighted by Crippen LogP contribution is -2.21. The summed E-state index contributed by atoms with van der Waals surface area (Å²) in [6, 6.07) is 13.3. The number of unbranched alkanes of at least 4 members (excludes halogenated alkanes) is 8. The molecule has 0 radical (unpaired) electrons. The van der Waals surface area contributed by atoms with E-state index in [9.17, 15) is 10.2 Å². The number of hydrogen-bond donors (Lipinski definition) is 3. The van der Waals surface area contributed by atoms with Crippen molar-refractivity contribution in [3.05, 3.63) is 48.0 Å². The lowest BCUT2D eigenvalue weighted by Gasteiger charge is -2.15. The van der Waals surface area contributed by atoms with Crippen molar-refractivity contribution in [2.75, 3.05) is 13.2 Å². The van der Waals surface area contributed by atoms with Crippen LogP contribution in [0.25, 0.3) is 11.1 Å². The van der Waals surface area contributed by atoms with Gasteiger partial charge in [0.05, 0.1) is 6.61 Å². The third-order valence-electron chi connectivity index (χ3n) is 5.45. The molecule has 1 unspecified atom stereocenters. The summed E-state index contributed by atoms with van der Waals surface area (Å²) in [5, 5.41) is 28.2. The number of ether oxygens (including phenoxy) is 1. The summed E-state index contributed by atoms with van der Waals surface area (Å²) in [6.45, 7) is 2.03. The second-order valence-corrected chi connectivity index (χ2v) is 8.10. The van der Waals surface area contributed by atoms with Crippen LogP contribution in [0.15, 0.2) is 42.5 Å². The molecule has 2 aromatic carbocycles. The molecular weight excluding hydrogens is 376 g/mol. The van der Waals surface area contributed by atoms with Gasteiger partial charge in [-0.1, -0.05) is 76.5 Å². The van der Waals surface area contributed by atoms with Crippen molar-refractivity contribution >= 4 is 0 Å². The fourth-order valence-corrected chi connectivity index (χ4v) is 3.61. The zero-order valence-corrected chi connectivity index (χ0v) is 18.4. The number of rotatable bonds is 15. The zero-order valence-electron chi connectivity index (χ0n) is 18.4. The third kappa shape index (κ3) is 8.76. The van der Waals surface area contributed by atoms with E-state index in [2.05, 4.69) is 13.0 Å². The first-order chi connectivity index (χ1) is 14.6. The van der Waals surface area contributed by atoms with Crippen LogP contribution in [0.1, 0.15) is 70.3 Å². The summed E-state index contributed by atoms with van der Waals surface area (Å²) in [5.74, 6) is 1.02. The average Bonchev–Trinajstić information content (AvgIpc) is 2.77. The second kappa shape index (κ2) is 14.1. The van der Waals surface area contributed by atoms with E-state index in [1.54, 1.807) is 12.1 Å². The number of aryl methyl sites for hydroxylation is 1. The van der Waals surface area contributed by atoms with Crippen LogP contribution in [0.3, 0.4) is 0 Å². The number of benzene rings is 2. The summed E-state index contributed by atoms with van der Waals surface area (Å²) in [4.78, 5) is 0. The van der Waals surface area contributed by atoms with Crippen LogP contribution < -0.4 is 4.74 Å². The van der Waals surface area contributed by atoms with E-state index in [-0.39, 0.29) is 19.0 Å². The Morgan fingerprint density at radius 1 is 0.800 bits per heavy atom. The normalized spacial score (nSPS) is 12.1. The van der Waals surface area contributed by atoms with Crippen molar-refractivity contribution < 1.29 is 20.1 Å². The molecular formula is C26H38O4. The first-order valence-corrected chi connectivity index (χ1v) is 11.5. The fraction of sp³-hybridized carbons (Fsp3) is 0.538. The van der Waals surface area contributed by atoms with Gasteiger partial charge in [-0.05, 0) is 53.8 Å². The van der Waals surface area contributed by atoms with Gasteiger partial charge in [-0.15, -0.1) is 0 Å². The molecule has 0 amide bonds. The first kappa shape index (κ1) is 24.2. The molecule has 166 valence electrons. The van der Waals surface area contributed by atoms with Crippen LogP contribution in [-0.4, -0.2) is 34.6 Å². The Hall–Kier alpha value is -2.04. The largest absolute Gasteiger partial charge is 0.508 e. The van der Waals surface area contributed by atoms with Gasteiger partial charge in [0.15, 0.2) is 0 Å². The highest BCUT2D eigenvalue weighted by atomic mass is 16.5. The molecule has 4 heteroatoms. The van der Waals surface area contributed by atoms with Crippen molar-refractivity contribution in [3.63, 3.8) is 0 Å². The van der Waals surface area contributed by atoms with Gasteiger partial charge < -0.3 is 20.1 Å². The minimum Gasteiger partial charge on any atom is -0.508 e. The minimum atomic E-state index is -0.873. The predicted octanol–water partition coefficient (Wildman–Crippen LogP) is 5.86. The molecule has 30 heavy (non-hydrogen) atoms. The van der Waals surface area contributed by atoms with Gasteiger partial charge in [0.2, 0.25) is 0 Å². The summed E-state index contributed by atoms with van der Waals surface area (Å²) >= 11 is 0. The molecule has 0 aromatic heterocycles. The number of phenolic OH excluding ortho intramolecular Hbond substituents is 1. The van der Waals surface area contributed by atoms with Crippen molar-refractivity contribution in [2.24, 2.45) is 0 Å². The van der Waals surface area contributed by atoms with Crippen LogP contribution >= 0.6 is 0 Å². The van der Waals surface area contributed by atoms with E-state index >= 15 is 0 Å². The third-order valence-corrected chi connectivity index (χ3v) is 5.45. The fourth-order valence-electron chi connectivity index (χ4n) is 3.61. The predicted molar refractivity (Wildman–Crippen MR) is 123 cm³/mol. The molecule has 0 saturated heterocycles. The van der Waals surface area contributed by atoms with E-state index in [0.717, 1.165) is 35.3 Å². The summed E-state index contributed by atoms with van der Waals surface area (Å²) in [6.07, 6.45) is 11.6. The van der Waals surface area contributed by atoms with Crippen molar-refractivity contribution in [3.8, 4) is 22.6 Å². The number of aliphatic hydroxyl groups excluding tert-OH is 2. The van der Waals surface area contributed by atoms with E-state index in [0.29, 0.717) is 0 Å². The molecule has 0 fully saturated rings. The van der Waals surface area contributed by atoms with Crippen LogP contribution in [0, 0.1) is 0 Å². The Morgan fingerprint density at radius 2 is 1.40 bits per heavy atom. The Morgan fingerprint density at radius 3 is 2.03 bits per heavy atom. The number of aromatic hydroxyl groups is 1. The lowest BCUT2D eigenvalue weighted by atomic mass is 9.98. The van der Waals surface area contributed by atoms with Gasteiger partial charge in [-0.3, -0.25) is 0 Å². The minimum absolute atomic E-state index is 0.0832. The lowest BCUT2D eigenvalue weighted by molar-refractivity contribution is 0.0533. The monoisotopic (exact) mass is 414 g/mol. The molecule has 0 heterocycles. The molecule has 2 aromatic rings. The maximum Gasteiger partial charge on any atom is 0.122 e. The van der Waals surface area contributed by atoms with Crippen LogP contribution in [0.4, 0.5) is 0 Å². The standard InChI is InChI=1S/C26H38O4/c1-2-3-4-5-6-7-8-9-10-11-23-18-22(21-12-15-24(28)16-13-21)14-17-26(23)30-20-25(29)19-27/h12-18,25,27-29H,2-11,19-20H2,1H3. The Labute approximate surface area is 181 Å². The van der Waals surface area contributed by atoms with Gasteiger partial charge in [-0.2, -0.15) is 0 Å². The zero-order chi connectivity index (χ0) is 21.6. The summed E-state index contributed by atoms with van der Waals surface area (Å²) in [7, 11) is 0. The van der Waals surface area contributed by atoms with E-state index < -0.39 is 6.10 Å². The van der Waals surface area contributed by atoms with Crippen LogP contribution in [0.5, 0.6) is 11.5 Å². The van der Waals surface area contributed by atoms with Crippen molar-refractivity contribution in [2.45, 2.75) is 77.2 Å². The summed E-state index contributed by atoms with van der Waals surface area (Å²) < 4.78 is 5.78. The van der Waals surface area contributed by atoms with Crippen molar-refractivity contribution in [1.29, 1.82) is 0 Å². The highest BCUT2D eigenvalue weighted by molar-refractivity contribution is 5.66. The van der Waals surface area contributed by atoms with Crippen molar-refractivity contribution in [1.82, 2.24) is 0 Å². The molecule has 0 aliphatic carbocycles. The number of aliphatic hydroxyl groups is 2. The Bertz CT molecular complexity index is 711. The Balaban J connectivity index is 1.93. The molecule has 0 aliphatic heterocycles. The molecule has 4 nitrogen and oxygen atoms in total. The highest BCUT2D eigenvalue weighted by Gasteiger charge is 2.10. The van der Waals surface area contributed by atoms with E-state index in [1.165, 1.54) is 51.4 Å². The average molecular weight is 415 g/mol. The molecule has 0 spiro atoms. The van der Waals surface area contributed by atoms with E-state index in [1.807, 2.05) is 24.3 Å². The van der Waals surface area contributed by atoms with Gasteiger partial charge in [0.1, 0.15) is 24.2 Å². The van der Waals surface area contributed by atoms with Gasteiger partial charge in [0, 0.05) is 0 Å². The highest BCUT2D eigenvalue weighted by Crippen LogP contribution is 2.29. The molecule has 1 atom stereocenters. The summed E-state index contributed by atoms with van der Waals surface area (Å²) in [5.41, 5.74) is 3.24. The number of phenols is 1. The second-order valence-electron chi connectivity index (χ2n) is 8.10. The first-order valence-electron chi connectivity index (χ1n) is 11.5. The maximum absolute atomic E-state index is 9.62. The number of hydrogen-bond acceptors (Lipinski definition) is 4. The topological polar surface area (TPSA) is 69.9 Å².